The number of aryl methyl sites for hydroxylation is 2. The van der Waals surface area contributed by atoms with Crippen molar-refractivity contribution in [2.45, 2.75) is 46.1 Å². The molecule has 0 aliphatic heterocycles. The van der Waals surface area contributed by atoms with E-state index in [2.05, 4.69) is 5.32 Å². The Morgan fingerprint density at radius 1 is 1.00 bits per heavy atom. The van der Waals surface area contributed by atoms with E-state index in [0.29, 0.717) is 12.1 Å². The van der Waals surface area contributed by atoms with E-state index in [4.69, 9.17) is 0 Å². The summed E-state index contributed by atoms with van der Waals surface area (Å²) in [5.41, 5.74) is 3.96. The summed E-state index contributed by atoms with van der Waals surface area (Å²) >= 11 is 0. The zero-order valence-electron chi connectivity index (χ0n) is 17.1. The number of carbonyl (C=O) groups is 1. The fraction of sp³-hybridized carbons (Fsp3) is 0.409. The first-order valence-corrected chi connectivity index (χ1v) is 11.5. The molecule has 6 heteroatoms. The lowest BCUT2D eigenvalue weighted by atomic mass is 10.0. The van der Waals surface area contributed by atoms with E-state index in [1.165, 1.54) is 16.1 Å². The van der Waals surface area contributed by atoms with Gasteiger partial charge in [-0.15, -0.1) is 0 Å². The number of hydrogen-bond acceptors (Lipinski definition) is 3. The first kappa shape index (κ1) is 22.0. The molecule has 1 atom stereocenters. The van der Waals surface area contributed by atoms with Gasteiger partial charge in [-0.2, -0.15) is 0 Å². The highest BCUT2D eigenvalue weighted by Crippen LogP contribution is 2.20. The molecule has 1 N–H and O–H groups in total. The molecule has 0 spiro atoms. The van der Waals surface area contributed by atoms with Crippen molar-refractivity contribution < 1.29 is 13.2 Å². The van der Waals surface area contributed by atoms with Gasteiger partial charge in [-0.3, -0.25) is 9.10 Å². The molecule has 0 aliphatic carbocycles. The molecule has 1 amide bonds. The highest BCUT2D eigenvalue weighted by Gasteiger charge is 2.18. The van der Waals surface area contributed by atoms with Crippen molar-refractivity contribution in [2.24, 2.45) is 0 Å². The minimum Gasteiger partial charge on any atom is -0.349 e. The Bertz CT molecular complexity index is 875. The zero-order chi connectivity index (χ0) is 20.7. The highest BCUT2D eigenvalue weighted by atomic mass is 32.2. The van der Waals surface area contributed by atoms with Crippen LogP contribution in [-0.2, 0) is 14.8 Å². The van der Waals surface area contributed by atoms with Gasteiger partial charge in [0.25, 0.3) is 0 Å². The molecule has 28 heavy (non-hydrogen) atoms. The van der Waals surface area contributed by atoms with Crippen LogP contribution < -0.4 is 9.62 Å². The summed E-state index contributed by atoms with van der Waals surface area (Å²) in [7, 11) is -3.40. The van der Waals surface area contributed by atoms with Crippen LogP contribution in [0.1, 0.15) is 48.9 Å². The maximum atomic E-state index is 12.4. The van der Waals surface area contributed by atoms with Gasteiger partial charge in [0.2, 0.25) is 15.9 Å². The topological polar surface area (TPSA) is 66.5 Å². The Morgan fingerprint density at radius 3 is 2.04 bits per heavy atom. The van der Waals surface area contributed by atoms with Crippen LogP contribution in [0.5, 0.6) is 0 Å². The summed E-state index contributed by atoms with van der Waals surface area (Å²) in [6, 6.07) is 15.5. The number of nitrogens with one attached hydrogen (secondary N) is 1. The molecule has 1 unspecified atom stereocenters. The molecule has 2 aromatic carbocycles. The van der Waals surface area contributed by atoms with Gasteiger partial charge in [0, 0.05) is 13.0 Å². The predicted molar refractivity (Wildman–Crippen MR) is 115 cm³/mol. The molecule has 0 aromatic heterocycles. The minimum atomic E-state index is -3.40. The molecule has 0 saturated carbocycles. The fourth-order valence-electron chi connectivity index (χ4n) is 3.07. The monoisotopic (exact) mass is 402 g/mol. The van der Waals surface area contributed by atoms with Crippen molar-refractivity contribution in [3.63, 3.8) is 0 Å². The van der Waals surface area contributed by atoms with Crippen molar-refractivity contribution >= 4 is 21.6 Å². The fourth-order valence-corrected chi connectivity index (χ4v) is 4.03. The van der Waals surface area contributed by atoms with Crippen LogP contribution >= 0.6 is 0 Å². The van der Waals surface area contributed by atoms with E-state index in [0.717, 1.165) is 17.5 Å². The standard InChI is InChI=1S/C22H30N2O3S/c1-5-21(19-12-8-17(2)9-13-19)23-22(25)7-6-16-24(28(4,26)27)20-14-10-18(3)11-15-20/h8-15,21H,5-7,16H2,1-4H3,(H,23,25). The predicted octanol–water partition coefficient (Wildman–Crippen LogP) is 4.12. The van der Waals surface area contributed by atoms with E-state index >= 15 is 0 Å². The first-order chi connectivity index (χ1) is 13.2. The lowest BCUT2D eigenvalue weighted by molar-refractivity contribution is -0.121. The van der Waals surface area contributed by atoms with E-state index in [1.807, 2.05) is 57.2 Å². The summed E-state index contributed by atoms with van der Waals surface area (Å²) < 4.78 is 25.7. The Morgan fingerprint density at radius 2 is 1.54 bits per heavy atom. The van der Waals surface area contributed by atoms with Gasteiger partial charge in [0.1, 0.15) is 0 Å². The molecule has 0 fully saturated rings. The Balaban J connectivity index is 1.94. The van der Waals surface area contributed by atoms with Crippen molar-refractivity contribution in [3.8, 4) is 0 Å². The molecule has 2 aromatic rings. The Hall–Kier alpha value is -2.34. The molecular weight excluding hydrogens is 372 g/mol. The van der Waals surface area contributed by atoms with Crippen molar-refractivity contribution in [1.29, 1.82) is 0 Å². The smallest absolute Gasteiger partial charge is 0.232 e. The number of anilines is 1. The lowest BCUT2D eigenvalue weighted by Gasteiger charge is -2.23. The van der Waals surface area contributed by atoms with Crippen LogP contribution in [0.2, 0.25) is 0 Å². The molecule has 0 saturated heterocycles. The highest BCUT2D eigenvalue weighted by molar-refractivity contribution is 7.92. The molecule has 0 heterocycles. The van der Waals surface area contributed by atoms with Gasteiger partial charge in [0.05, 0.1) is 18.0 Å². The maximum absolute atomic E-state index is 12.4. The number of hydrogen-bond donors (Lipinski definition) is 1. The number of benzene rings is 2. The molecule has 0 bridgehead atoms. The summed E-state index contributed by atoms with van der Waals surface area (Å²) in [5, 5.41) is 3.06. The van der Waals surface area contributed by atoms with Crippen LogP contribution in [-0.4, -0.2) is 27.1 Å². The third-order valence-corrected chi connectivity index (χ3v) is 5.90. The third-order valence-electron chi connectivity index (χ3n) is 4.71. The van der Waals surface area contributed by atoms with E-state index < -0.39 is 10.0 Å². The van der Waals surface area contributed by atoms with Crippen molar-refractivity contribution in [1.82, 2.24) is 5.32 Å². The molecule has 0 aliphatic rings. The molecule has 2 rings (SSSR count). The van der Waals surface area contributed by atoms with E-state index in [1.54, 1.807) is 12.1 Å². The summed E-state index contributed by atoms with van der Waals surface area (Å²) in [5.74, 6) is -0.0650. The molecular formula is C22H30N2O3S. The Labute approximate surface area is 168 Å². The minimum absolute atomic E-state index is 0.0313. The number of nitrogens with zero attached hydrogens (tertiary/aromatic N) is 1. The SMILES string of the molecule is CCC(NC(=O)CCCN(c1ccc(C)cc1)S(C)(=O)=O)c1ccc(C)cc1. The van der Waals surface area contributed by atoms with Gasteiger partial charge in [-0.1, -0.05) is 54.4 Å². The summed E-state index contributed by atoms with van der Waals surface area (Å²) in [4.78, 5) is 12.4. The number of sulfonamides is 1. The average Bonchev–Trinajstić information content (AvgIpc) is 2.64. The van der Waals surface area contributed by atoms with Crippen LogP contribution in [0.25, 0.3) is 0 Å². The number of carbonyl (C=O) groups excluding carboxylic acids is 1. The second-order valence-electron chi connectivity index (χ2n) is 7.21. The normalized spacial score (nSPS) is 12.4. The van der Waals surface area contributed by atoms with E-state index in [-0.39, 0.29) is 24.9 Å². The lowest BCUT2D eigenvalue weighted by Crippen LogP contribution is -2.33. The van der Waals surface area contributed by atoms with Gasteiger partial charge in [0.15, 0.2) is 0 Å². The van der Waals surface area contributed by atoms with Crippen LogP contribution in [0.3, 0.4) is 0 Å². The van der Waals surface area contributed by atoms with Crippen molar-refractivity contribution in [2.75, 3.05) is 17.1 Å². The second kappa shape index (κ2) is 9.73. The summed E-state index contributed by atoms with van der Waals surface area (Å²) in [6.07, 6.45) is 2.72. The number of rotatable bonds is 9. The summed E-state index contributed by atoms with van der Waals surface area (Å²) in [6.45, 7) is 6.30. The average molecular weight is 403 g/mol. The maximum Gasteiger partial charge on any atom is 0.232 e. The van der Waals surface area contributed by atoms with Gasteiger partial charge in [-0.25, -0.2) is 8.42 Å². The largest absolute Gasteiger partial charge is 0.349 e. The number of amides is 1. The van der Waals surface area contributed by atoms with Crippen molar-refractivity contribution in [3.05, 3.63) is 65.2 Å². The molecule has 0 radical (unpaired) electrons. The second-order valence-corrected chi connectivity index (χ2v) is 9.12. The van der Waals surface area contributed by atoms with Gasteiger partial charge in [-0.05, 0) is 44.4 Å². The third kappa shape index (κ3) is 6.37. The first-order valence-electron chi connectivity index (χ1n) is 9.61. The molecule has 152 valence electrons. The Kier molecular flexibility index (Phi) is 7.63. The van der Waals surface area contributed by atoms with Crippen LogP contribution in [0.15, 0.2) is 48.5 Å². The van der Waals surface area contributed by atoms with E-state index in [9.17, 15) is 13.2 Å². The quantitative estimate of drug-likeness (QED) is 0.686. The zero-order valence-corrected chi connectivity index (χ0v) is 17.9. The van der Waals surface area contributed by atoms with Crippen LogP contribution in [0.4, 0.5) is 5.69 Å². The van der Waals surface area contributed by atoms with Crippen LogP contribution in [0, 0.1) is 13.8 Å². The van der Waals surface area contributed by atoms with Gasteiger partial charge < -0.3 is 5.32 Å². The van der Waals surface area contributed by atoms with Gasteiger partial charge >= 0.3 is 0 Å². The molecule has 5 nitrogen and oxygen atoms in total.